The minimum absolute atomic E-state index is 0.00985. The fourth-order valence-corrected chi connectivity index (χ4v) is 6.16. The number of rotatable bonds is 7. The monoisotopic (exact) mass is 553 g/mol. The zero-order chi connectivity index (χ0) is 27.8. The van der Waals surface area contributed by atoms with Gasteiger partial charge in [0.1, 0.15) is 24.0 Å². The van der Waals surface area contributed by atoms with Gasteiger partial charge in [-0.1, -0.05) is 19.3 Å². The van der Waals surface area contributed by atoms with Gasteiger partial charge in [0, 0.05) is 48.6 Å². The van der Waals surface area contributed by atoms with Crippen LogP contribution in [0.1, 0.15) is 63.6 Å². The molecule has 5 aromatic rings. The van der Waals surface area contributed by atoms with Crippen molar-refractivity contribution in [2.24, 2.45) is 7.05 Å². The summed E-state index contributed by atoms with van der Waals surface area (Å²) < 4.78 is 18.0. The lowest BCUT2D eigenvalue weighted by Gasteiger charge is -2.26. The molecule has 2 fully saturated rings. The Kier molecular flexibility index (Phi) is 6.87. The summed E-state index contributed by atoms with van der Waals surface area (Å²) in [6.07, 6.45) is 17.0. The highest BCUT2D eigenvalue weighted by atomic mass is 16.5. The molecule has 0 amide bonds. The summed E-state index contributed by atoms with van der Waals surface area (Å²) >= 11 is 0. The van der Waals surface area contributed by atoms with Gasteiger partial charge in [0.15, 0.2) is 5.82 Å². The number of hydrogen-bond donors (Lipinski definition) is 1. The van der Waals surface area contributed by atoms with Crippen molar-refractivity contribution in [1.29, 1.82) is 0 Å². The zero-order valence-electron chi connectivity index (χ0n) is 23.5. The Morgan fingerprint density at radius 3 is 2.66 bits per heavy atom. The van der Waals surface area contributed by atoms with E-state index in [0.717, 1.165) is 71.7 Å². The van der Waals surface area contributed by atoms with Gasteiger partial charge in [-0.2, -0.15) is 10.1 Å². The summed E-state index contributed by atoms with van der Waals surface area (Å²) in [7, 11) is 3.57. The summed E-state index contributed by atoms with van der Waals surface area (Å²) in [6.45, 7) is 0.793. The van der Waals surface area contributed by atoms with Gasteiger partial charge in [-0.25, -0.2) is 9.67 Å². The smallest absolute Gasteiger partial charge is 0.229 e. The van der Waals surface area contributed by atoms with Gasteiger partial charge in [-0.3, -0.25) is 0 Å². The molecule has 1 saturated carbocycles. The molecule has 2 aliphatic rings. The van der Waals surface area contributed by atoms with Crippen molar-refractivity contribution in [3.8, 4) is 28.4 Å². The first kappa shape index (κ1) is 25.7. The SMILES string of the molecule is COc1cc(-c2nncn2C)ccc1Nc1ncc2cc(-c3cnn(C4CCCCO4)c3)n(C3CCCCC3)c2n1. The minimum Gasteiger partial charge on any atom is -0.495 e. The molecule has 0 radical (unpaired) electrons. The van der Waals surface area contributed by atoms with Crippen molar-refractivity contribution < 1.29 is 9.47 Å². The van der Waals surface area contributed by atoms with E-state index in [1.807, 2.05) is 46.9 Å². The van der Waals surface area contributed by atoms with Crippen LogP contribution in [0.4, 0.5) is 11.6 Å². The Balaban J connectivity index is 1.25. The predicted molar refractivity (Wildman–Crippen MR) is 156 cm³/mol. The standard InChI is InChI=1S/C30H35N9O2/c1-37-19-32-36-29(37)20-11-12-24(26(15-20)40-2)34-30-31-16-21-14-25(39(28(21)35-30)23-8-4-3-5-9-23)22-17-33-38(18-22)27-10-6-7-13-41-27/h11-12,14-19,23,27H,3-10,13H2,1-2H3,(H,31,34,35). The Morgan fingerprint density at radius 1 is 1.00 bits per heavy atom. The van der Waals surface area contributed by atoms with E-state index in [2.05, 4.69) is 37.3 Å². The summed E-state index contributed by atoms with van der Waals surface area (Å²) in [5.74, 6) is 1.97. The second-order valence-corrected chi connectivity index (χ2v) is 11.0. The van der Waals surface area contributed by atoms with Gasteiger partial charge in [0.25, 0.3) is 0 Å². The van der Waals surface area contributed by atoms with Gasteiger partial charge in [-0.05, 0) is 56.4 Å². The highest BCUT2D eigenvalue weighted by molar-refractivity contribution is 5.85. The third kappa shape index (κ3) is 4.94. The molecule has 4 aromatic heterocycles. The fraction of sp³-hybridized carbons (Fsp3) is 0.433. The van der Waals surface area contributed by atoms with Crippen molar-refractivity contribution in [3.63, 3.8) is 0 Å². The topological polar surface area (TPSA) is 110 Å². The average Bonchev–Trinajstić information content (AvgIpc) is 3.77. The Bertz CT molecular complexity index is 1660. The summed E-state index contributed by atoms with van der Waals surface area (Å²) in [5.41, 5.74) is 4.84. The van der Waals surface area contributed by atoms with Crippen LogP contribution in [-0.4, -0.2) is 52.8 Å². The number of aryl methyl sites for hydroxylation is 1. The number of nitrogens with one attached hydrogen (secondary N) is 1. The molecule has 1 N–H and O–H groups in total. The highest BCUT2D eigenvalue weighted by Crippen LogP contribution is 2.38. The van der Waals surface area contributed by atoms with E-state index in [4.69, 9.17) is 19.6 Å². The van der Waals surface area contributed by atoms with Crippen LogP contribution in [0, 0.1) is 0 Å². The van der Waals surface area contributed by atoms with Gasteiger partial charge in [0.05, 0.1) is 24.7 Å². The second-order valence-electron chi connectivity index (χ2n) is 11.0. The van der Waals surface area contributed by atoms with E-state index in [1.54, 1.807) is 13.4 Å². The van der Waals surface area contributed by atoms with E-state index in [0.29, 0.717) is 17.7 Å². The van der Waals surface area contributed by atoms with Crippen LogP contribution >= 0.6 is 0 Å². The number of ether oxygens (including phenoxy) is 2. The van der Waals surface area contributed by atoms with Gasteiger partial charge < -0.3 is 23.9 Å². The van der Waals surface area contributed by atoms with Crippen LogP contribution in [-0.2, 0) is 11.8 Å². The van der Waals surface area contributed by atoms with Crippen LogP contribution in [0.15, 0.2) is 49.2 Å². The second kappa shape index (κ2) is 11.0. The molecule has 1 saturated heterocycles. The summed E-state index contributed by atoms with van der Waals surface area (Å²) in [5, 5.41) is 17.3. The van der Waals surface area contributed by atoms with Crippen molar-refractivity contribution in [3.05, 3.63) is 49.2 Å². The van der Waals surface area contributed by atoms with E-state index in [9.17, 15) is 0 Å². The fourth-order valence-electron chi connectivity index (χ4n) is 6.16. The molecular formula is C30H35N9O2. The molecule has 1 aliphatic carbocycles. The maximum atomic E-state index is 5.99. The maximum Gasteiger partial charge on any atom is 0.229 e. The average molecular weight is 554 g/mol. The van der Waals surface area contributed by atoms with Crippen molar-refractivity contribution >= 4 is 22.7 Å². The van der Waals surface area contributed by atoms with Gasteiger partial charge >= 0.3 is 0 Å². The Morgan fingerprint density at radius 2 is 1.88 bits per heavy atom. The number of fused-ring (bicyclic) bond motifs is 1. The number of anilines is 2. The van der Waals surface area contributed by atoms with Crippen LogP contribution in [0.3, 0.4) is 0 Å². The molecule has 5 heterocycles. The van der Waals surface area contributed by atoms with E-state index in [1.165, 1.54) is 25.7 Å². The summed E-state index contributed by atoms with van der Waals surface area (Å²) in [4.78, 5) is 9.73. The number of benzene rings is 1. The Labute approximate surface area is 238 Å². The number of aromatic nitrogens is 8. The Hall–Kier alpha value is -4.25. The van der Waals surface area contributed by atoms with Gasteiger partial charge in [0.2, 0.25) is 5.95 Å². The first-order valence-corrected chi connectivity index (χ1v) is 14.5. The molecule has 11 nitrogen and oxygen atoms in total. The molecule has 0 spiro atoms. The van der Waals surface area contributed by atoms with E-state index in [-0.39, 0.29) is 6.23 Å². The molecule has 41 heavy (non-hydrogen) atoms. The third-order valence-corrected chi connectivity index (χ3v) is 8.28. The lowest BCUT2D eigenvalue weighted by Crippen LogP contribution is -2.18. The molecule has 1 unspecified atom stereocenters. The molecular weight excluding hydrogens is 518 g/mol. The summed E-state index contributed by atoms with van der Waals surface area (Å²) in [6, 6.07) is 8.48. The maximum absolute atomic E-state index is 5.99. The van der Waals surface area contributed by atoms with Crippen molar-refractivity contribution in [2.45, 2.75) is 63.6 Å². The van der Waals surface area contributed by atoms with Crippen molar-refractivity contribution in [1.82, 2.24) is 39.1 Å². The lowest BCUT2D eigenvalue weighted by atomic mass is 9.95. The number of hydrogen-bond acceptors (Lipinski definition) is 8. The molecule has 0 bridgehead atoms. The minimum atomic E-state index is 0.00985. The predicted octanol–water partition coefficient (Wildman–Crippen LogP) is 6.05. The van der Waals surface area contributed by atoms with Crippen LogP contribution in [0.5, 0.6) is 5.75 Å². The molecule has 1 aliphatic heterocycles. The lowest BCUT2D eigenvalue weighted by molar-refractivity contribution is -0.0394. The van der Waals surface area contributed by atoms with E-state index < -0.39 is 0 Å². The van der Waals surface area contributed by atoms with Crippen molar-refractivity contribution in [2.75, 3.05) is 19.0 Å². The van der Waals surface area contributed by atoms with Gasteiger partial charge in [-0.15, -0.1) is 10.2 Å². The first-order valence-electron chi connectivity index (χ1n) is 14.5. The van der Waals surface area contributed by atoms with Crippen LogP contribution in [0.2, 0.25) is 0 Å². The molecule has 7 rings (SSSR count). The number of nitrogens with zero attached hydrogens (tertiary/aromatic N) is 8. The normalized spacial score (nSPS) is 18.1. The van der Waals surface area contributed by atoms with E-state index >= 15 is 0 Å². The first-order chi connectivity index (χ1) is 20.2. The quantitative estimate of drug-likeness (QED) is 0.260. The molecule has 1 aromatic carbocycles. The zero-order valence-corrected chi connectivity index (χ0v) is 23.5. The largest absolute Gasteiger partial charge is 0.495 e. The molecule has 212 valence electrons. The molecule has 1 atom stereocenters. The highest BCUT2D eigenvalue weighted by Gasteiger charge is 2.24. The number of methoxy groups -OCH3 is 1. The van der Waals surface area contributed by atoms with Crippen LogP contribution in [0.25, 0.3) is 33.7 Å². The van der Waals surface area contributed by atoms with Crippen LogP contribution < -0.4 is 10.1 Å². The third-order valence-electron chi connectivity index (χ3n) is 8.28. The molecule has 11 heteroatoms.